The van der Waals surface area contributed by atoms with Gasteiger partial charge in [0.05, 0.1) is 12.0 Å². The average Bonchev–Trinajstić information content (AvgIpc) is 2.64. The van der Waals surface area contributed by atoms with E-state index >= 15 is 0 Å². The number of hydrogen-bond acceptors (Lipinski definition) is 2. The molecule has 0 aliphatic heterocycles. The largest absolute Gasteiger partial charge is 0.465 e. The fourth-order valence-corrected chi connectivity index (χ4v) is 3.15. The second kappa shape index (κ2) is 17.9. The van der Waals surface area contributed by atoms with Crippen molar-refractivity contribution >= 4 is 5.97 Å². The maximum atomic E-state index is 11.8. The molecule has 0 saturated heterocycles. The topological polar surface area (TPSA) is 26.3 Å². The number of ether oxygens (including phenoxy) is 1. The van der Waals surface area contributed by atoms with Crippen LogP contribution in [0.1, 0.15) is 137 Å². The summed E-state index contributed by atoms with van der Waals surface area (Å²) in [6, 6.07) is 0. The SMILES string of the molecule is CCCCCCCCCCCCCCCCCCOC(=O)C(C)(C)CC. The van der Waals surface area contributed by atoms with Crippen LogP contribution in [0, 0.1) is 5.41 Å². The molecule has 26 heavy (non-hydrogen) atoms. The predicted octanol–water partition coefficient (Wildman–Crippen LogP) is 8.23. The van der Waals surface area contributed by atoms with Crippen LogP contribution in [0.25, 0.3) is 0 Å². The van der Waals surface area contributed by atoms with Crippen LogP contribution in [0.15, 0.2) is 0 Å². The van der Waals surface area contributed by atoms with E-state index in [9.17, 15) is 4.79 Å². The minimum absolute atomic E-state index is 0.0408. The fraction of sp³-hybridized carbons (Fsp3) is 0.958. The van der Waals surface area contributed by atoms with Crippen molar-refractivity contribution in [3.63, 3.8) is 0 Å². The Bertz CT molecular complexity index is 309. The summed E-state index contributed by atoms with van der Waals surface area (Å²) in [5.41, 5.74) is -0.324. The number of carbonyl (C=O) groups excluding carboxylic acids is 1. The van der Waals surface area contributed by atoms with Crippen molar-refractivity contribution in [3.05, 3.63) is 0 Å². The van der Waals surface area contributed by atoms with Gasteiger partial charge in [-0.3, -0.25) is 4.79 Å². The first-order chi connectivity index (χ1) is 12.5. The molecule has 0 saturated carbocycles. The molecule has 0 amide bonds. The van der Waals surface area contributed by atoms with Crippen molar-refractivity contribution in [2.24, 2.45) is 5.41 Å². The molecular weight excluding hydrogens is 320 g/mol. The lowest BCUT2D eigenvalue weighted by Crippen LogP contribution is -2.26. The molecule has 0 rings (SSSR count). The lowest BCUT2D eigenvalue weighted by atomic mass is 9.91. The van der Waals surface area contributed by atoms with Crippen LogP contribution in [-0.2, 0) is 9.53 Å². The van der Waals surface area contributed by atoms with Gasteiger partial charge in [-0.15, -0.1) is 0 Å². The number of unbranched alkanes of at least 4 members (excludes halogenated alkanes) is 15. The van der Waals surface area contributed by atoms with Crippen molar-refractivity contribution in [1.82, 2.24) is 0 Å². The van der Waals surface area contributed by atoms with E-state index < -0.39 is 0 Å². The molecular formula is C24H48O2. The highest BCUT2D eigenvalue weighted by Crippen LogP contribution is 2.21. The molecule has 0 fully saturated rings. The van der Waals surface area contributed by atoms with Gasteiger partial charge in [0.2, 0.25) is 0 Å². The van der Waals surface area contributed by atoms with Crippen molar-refractivity contribution in [2.45, 2.75) is 137 Å². The van der Waals surface area contributed by atoms with Gasteiger partial charge in [-0.25, -0.2) is 0 Å². The molecule has 0 spiro atoms. The first-order valence-corrected chi connectivity index (χ1v) is 11.7. The zero-order valence-corrected chi connectivity index (χ0v) is 18.5. The molecule has 156 valence electrons. The molecule has 0 heterocycles. The van der Waals surface area contributed by atoms with Crippen LogP contribution in [0.2, 0.25) is 0 Å². The number of rotatable bonds is 19. The van der Waals surface area contributed by atoms with E-state index in [-0.39, 0.29) is 11.4 Å². The summed E-state index contributed by atoms with van der Waals surface area (Å²) in [7, 11) is 0. The lowest BCUT2D eigenvalue weighted by Gasteiger charge is -2.20. The molecule has 0 aliphatic carbocycles. The van der Waals surface area contributed by atoms with Crippen molar-refractivity contribution in [2.75, 3.05) is 6.61 Å². The van der Waals surface area contributed by atoms with Gasteiger partial charge >= 0.3 is 5.97 Å². The van der Waals surface area contributed by atoms with E-state index in [0.29, 0.717) is 6.61 Å². The second-order valence-electron chi connectivity index (χ2n) is 8.68. The van der Waals surface area contributed by atoms with Crippen molar-refractivity contribution < 1.29 is 9.53 Å². The third kappa shape index (κ3) is 15.7. The Kier molecular flexibility index (Phi) is 17.5. The van der Waals surface area contributed by atoms with Crippen LogP contribution in [0.5, 0.6) is 0 Å². The van der Waals surface area contributed by atoms with Gasteiger partial charge in [0, 0.05) is 0 Å². The third-order valence-corrected chi connectivity index (χ3v) is 5.67. The highest BCUT2D eigenvalue weighted by molar-refractivity contribution is 5.75. The van der Waals surface area contributed by atoms with Gasteiger partial charge in [-0.2, -0.15) is 0 Å². The Labute approximate surface area is 164 Å². The van der Waals surface area contributed by atoms with Crippen LogP contribution in [-0.4, -0.2) is 12.6 Å². The maximum absolute atomic E-state index is 11.8. The van der Waals surface area contributed by atoms with Gasteiger partial charge in [-0.05, 0) is 26.7 Å². The van der Waals surface area contributed by atoms with Gasteiger partial charge in [0.25, 0.3) is 0 Å². The molecule has 0 aromatic rings. The average molecular weight is 369 g/mol. The minimum Gasteiger partial charge on any atom is -0.465 e. The van der Waals surface area contributed by atoms with Crippen LogP contribution in [0.3, 0.4) is 0 Å². The molecule has 2 nitrogen and oxygen atoms in total. The Balaban J connectivity index is 3.17. The van der Waals surface area contributed by atoms with E-state index in [1.807, 2.05) is 20.8 Å². The Morgan fingerprint density at radius 3 is 1.31 bits per heavy atom. The third-order valence-electron chi connectivity index (χ3n) is 5.67. The predicted molar refractivity (Wildman–Crippen MR) is 115 cm³/mol. The molecule has 0 aromatic heterocycles. The second-order valence-corrected chi connectivity index (χ2v) is 8.68. The van der Waals surface area contributed by atoms with Crippen molar-refractivity contribution in [3.8, 4) is 0 Å². The molecule has 0 aromatic carbocycles. The number of hydrogen-bond donors (Lipinski definition) is 0. The summed E-state index contributed by atoms with van der Waals surface area (Å²) in [6.07, 6.45) is 22.7. The highest BCUT2D eigenvalue weighted by Gasteiger charge is 2.26. The lowest BCUT2D eigenvalue weighted by molar-refractivity contribution is -0.154. The zero-order chi connectivity index (χ0) is 19.5. The van der Waals surface area contributed by atoms with Gasteiger partial charge < -0.3 is 4.74 Å². The van der Waals surface area contributed by atoms with Crippen LogP contribution in [0.4, 0.5) is 0 Å². The molecule has 0 aliphatic rings. The summed E-state index contributed by atoms with van der Waals surface area (Å²) in [4.78, 5) is 11.8. The molecule has 0 unspecified atom stereocenters. The maximum Gasteiger partial charge on any atom is 0.311 e. The Hall–Kier alpha value is -0.530. The number of carbonyl (C=O) groups is 1. The minimum atomic E-state index is -0.324. The van der Waals surface area contributed by atoms with E-state index in [4.69, 9.17) is 4.74 Å². The smallest absolute Gasteiger partial charge is 0.311 e. The van der Waals surface area contributed by atoms with E-state index in [1.54, 1.807) is 0 Å². The first-order valence-electron chi connectivity index (χ1n) is 11.7. The summed E-state index contributed by atoms with van der Waals surface area (Å²) in [5, 5.41) is 0. The van der Waals surface area contributed by atoms with Crippen molar-refractivity contribution in [1.29, 1.82) is 0 Å². The molecule has 0 bridgehead atoms. The van der Waals surface area contributed by atoms with E-state index in [2.05, 4.69) is 6.92 Å². The first kappa shape index (κ1) is 25.5. The fourth-order valence-electron chi connectivity index (χ4n) is 3.15. The summed E-state index contributed by atoms with van der Waals surface area (Å²) in [5.74, 6) is -0.0408. The van der Waals surface area contributed by atoms with Gasteiger partial charge in [-0.1, -0.05) is 110 Å². The highest BCUT2D eigenvalue weighted by atomic mass is 16.5. The van der Waals surface area contributed by atoms with Gasteiger partial charge in [0.1, 0.15) is 0 Å². The number of esters is 1. The Morgan fingerprint density at radius 2 is 0.962 bits per heavy atom. The van der Waals surface area contributed by atoms with Crippen LogP contribution < -0.4 is 0 Å². The summed E-state index contributed by atoms with van der Waals surface area (Å²) < 4.78 is 5.38. The van der Waals surface area contributed by atoms with E-state index in [1.165, 1.54) is 96.3 Å². The molecule has 0 atom stereocenters. The standard InChI is InChI=1S/C24H48O2/c1-5-7-8-9-10-11-12-13-14-15-16-17-18-19-20-21-22-26-23(25)24(3,4)6-2/h5-22H2,1-4H3. The Morgan fingerprint density at radius 1 is 0.615 bits per heavy atom. The summed E-state index contributed by atoms with van der Waals surface area (Å²) in [6.45, 7) is 8.84. The van der Waals surface area contributed by atoms with Gasteiger partial charge in [0.15, 0.2) is 0 Å². The van der Waals surface area contributed by atoms with Crippen LogP contribution >= 0.6 is 0 Å². The molecule has 0 N–H and O–H groups in total. The normalized spacial score (nSPS) is 11.7. The molecule has 0 radical (unpaired) electrons. The zero-order valence-electron chi connectivity index (χ0n) is 18.5. The van der Waals surface area contributed by atoms with E-state index in [0.717, 1.165) is 12.8 Å². The quantitative estimate of drug-likeness (QED) is 0.169. The molecule has 2 heteroatoms. The summed E-state index contributed by atoms with van der Waals surface area (Å²) >= 11 is 0. The monoisotopic (exact) mass is 368 g/mol.